The summed E-state index contributed by atoms with van der Waals surface area (Å²) < 4.78 is 5.15. The second-order valence-corrected chi connectivity index (χ2v) is 3.20. The van der Waals surface area contributed by atoms with Crippen LogP contribution < -0.4 is 5.32 Å². The summed E-state index contributed by atoms with van der Waals surface area (Å²) in [4.78, 5) is 4.40. The highest BCUT2D eigenvalue weighted by Crippen LogP contribution is 2.15. The normalized spacial score (nSPS) is 12.8. The number of nitrogens with one attached hydrogen (secondary N) is 1. The van der Waals surface area contributed by atoms with Crippen LogP contribution in [0.4, 0.5) is 0 Å². The summed E-state index contributed by atoms with van der Waals surface area (Å²) in [5.41, 5.74) is 2.38. The van der Waals surface area contributed by atoms with Crippen LogP contribution in [0.25, 0.3) is 0 Å². The van der Waals surface area contributed by atoms with Gasteiger partial charge in [0.25, 0.3) is 0 Å². The highest BCUT2D eigenvalue weighted by molar-refractivity contribution is 5.22. The molecule has 0 aliphatic heterocycles. The van der Waals surface area contributed by atoms with Crippen LogP contribution in [0.1, 0.15) is 24.2 Å². The van der Waals surface area contributed by atoms with Crippen molar-refractivity contribution in [3.05, 3.63) is 29.6 Å². The summed E-state index contributed by atoms with van der Waals surface area (Å²) in [7, 11) is 3.64. The molecular formula is C11H18N2O. The first-order chi connectivity index (χ1) is 6.83. The zero-order chi connectivity index (χ0) is 10.4. The minimum absolute atomic E-state index is 0.191. The molecule has 0 saturated carbocycles. The largest absolute Gasteiger partial charge is 0.383 e. The second-order valence-electron chi connectivity index (χ2n) is 3.20. The highest BCUT2D eigenvalue weighted by atomic mass is 16.5. The van der Waals surface area contributed by atoms with E-state index in [4.69, 9.17) is 4.74 Å². The molecule has 1 heterocycles. The maximum Gasteiger partial charge on any atom is 0.0732 e. The van der Waals surface area contributed by atoms with Crippen LogP contribution in [-0.4, -0.2) is 25.7 Å². The zero-order valence-electron chi connectivity index (χ0n) is 9.08. The molecule has 0 bridgehead atoms. The van der Waals surface area contributed by atoms with Crippen molar-refractivity contribution in [2.75, 3.05) is 20.8 Å². The molecule has 0 fully saturated rings. The maximum absolute atomic E-state index is 5.15. The standard InChI is InChI=1S/C11H18N2O/c1-4-9-6-5-7-13-11(9)10(12-2)8-14-3/h5-7,10,12H,4,8H2,1-3H3. The first-order valence-electron chi connectivity index (χ1n) is 4.93. The van der Waals surface area contributed by atoms with Gasteiger partial charge in [0, 0.05) is 13.3 Å². The van der Waals surface area contributed by atoms with E-state index in [0.29, 0.717) is 6.61 Å². The number of likely N-dealkylation sites (N-methyl/N-ethyl adjacent to an activating group) is 1. The molecule has 0 aromatic carbocycles. The van der Waals surface area contributed by atoms with Crippen molar-refractivity contribution < 1.29 is 4.74 Å². The molecule has 3 nitrogen and oxygen atoms in total. The number of ether oxygens (including phenoxy) is 1. The molecule has 3 heteroatoms. The van der Waals surface area contributed by atoms with Gasteiger partial charge in [0.1, 0.15) is 0 Å². The summed E-state index contributed by atoms with van der Waals surface area (Å²) in [6, 6.07) is 4.28. The summed E-state index contributed by atoms with van der Waals surface area (Å²) in [6.45, 7) is 2.79. The SMILES string of the molecule is CCc1cccnc1C(COC)NC. The third kappa shape index (κ3) is 2.53. The van der Waals surface area contributed by atoms with Gasteiger partial charge in [-0.25, -0.2) is 0 Å². The molecule has 1 atom stereocenters. The first kappa shape index (κ1) is 11.1. The van der Waals surface area contributed by atoms with Gasteiger partial charge in [-0.1, -0.05) is 13.0 Å². The molecule has 0 amide bonds. The van der Waals surface area contributed by atoms with Gasteiger partial charge in [-0.3, -0.25) is 4.98 Å². The van der Waals surface area contributed by atoms with Gasteiger partial charge in [0.15, 0.2) is 0 Å². The molecule has 78 valence electrons. The molecule has 1 aromatic rings. The fraction of sp³-hybridized carbons (Fsp3) is 0.545. The van der Waals surface area contributed by atoms with E-state index in [9.17, 15) is 0 Å². The fourth-order valence-corrected chi connectivity index (χ4v) is 1.53. The number of pyridine rings is 1. The van der Waals surface area contributed by atoms with Crippen molar-refractivity contribution in [3.8, 4) is 0 Å². The van der Waals surface area contributed by atoms with Gasteiger partial charge in [-0.15, -0.1) is 0 Å². The molecule has 1 N–H and O–H groups in total. The topological polar surface area (TPSA) is 34.1 Å². The third-order valence-corrected chi connectivity index (χ3v) is 2.32. The lowest BCUT2D eigenvalue weighted by Gasteiger charge is -2.17. The molecular weight excluding hydrogens is 176 g/mol. The predicted molar refractivity (Wildman–Crippen MR) is 57.3 cm³/mol. The van der Waals surface area contributed by atoms with Crippen LogP contribution in [0.15, 0.2) is 18.3 Å². The van der Waals surface area contributed by atoms with Crippen molar-refractivity contribution in [1.82, 2.24) is 10.3 Å². The molecule has 0 radical (unpaired) electrons. The summed E-state index contributed by atoms with van der Waals surface area (Å²) >= 11 is 0. The van der Waals surface area contributed by atoms with E-state index in [2.05, 4.69) is 23.3 Å². The molecule has 1 aromatic heterocycles. The number of hydrogen-bond donors (Lipinski definition) is 1. The second kappa shape index (κ2) is 5.73. The van der Waals surface area contributed by atoms with Gasteiger partial charge < -0.3 is 10.1 Å². The van der Waals surface area contributed by atoms with Gasteiger partial charge in [-0.05, 0) is 25.1 Å². The Hall–Kier alpha value is -0.930. The molecule has 14 heavy (non-hydrogen) atoms. The number of hydrogen-bond acceptors (Lipinski definition) is 3. The van der Waals surface area contributed by atoms with E-state index < -0.39 is 0 Å². The lowest BCUT2D eigenvalue weighted by Crippen LogP contribution is -2.23. The highest BCUT2D eigenvalue weighted by Gasteiger charge is 2.13. The minimum atomic E-state index is 0.191. The Bertz CT molecular complexity index is 276. The number of aryl methyl sites for hydroxylation is 1. The molecule has 1 rings (SSSR count). The molecule has 0 aliphatic rings. The van der Waals surface area contributed by atoms with E-state index in [1.54, 1.807) is 7.11 Å². The molecule has 0 spiro atoms. The Kier molecular flexibility index (Phi) is 4.56. The van der Waals surface area contributed by atoms with Crippen molar-refractivity contribution in [3.63, 3.8) is 0 Å². The maximum atomic E-state index is 5.15. The summed E-state index contributed by atoms with van der Waals surface area (Å²) in [5.74, 6) is 0. The number of aromatic nitrogens is 1. The van der Waals surface area contributed by atoms with Gasteiger partial charge in [0.2, 0.25) is 0 Å². The quantitative estimate of drug-likeness (QED) is 0.772. The molecule has 1 unspecified atom stereocenters. The van der Waals surface area contributed by atoms with Gasteiger partial charge in [-0.2, -0.15) is 0 Å². The van der Waals surface area contributed by atoms with E-state index in [1.807, 2.05) is 19.3 Å². The average molecular weight is 194 g/mol. The predicted octanol–water partition coefficient (Wildman–Crippen LogP) is 1.55. The van der Waals surface area contributed by atoms with Crippen LogP contribution in [0, 0.1) is 0 Å². The average Bonchev–Trinajstić information content (AvgIpc) is 2.26. The lowest BCUT2D eigenvalue weighted by atomic mass is 10.1. The van der Waals surface area contributed by atoms with Crippen LogP contribution in [0.2, 0.25) is 0 Å². The fourth-order valence-electron chi connectivity index (χ4n) is 1.53. The number of nitrogens with zero attached hydrogens (tertiary/aromatic N) is 1. The summed E-state index contributed by atoms with van der Waals surface area (Å²) in [5, 5.41) is 3.21. The van der Waals surface area contributed by atoms with Crippen molar-refractivity contribution >= 4 is 0 Å². The smallest absolute Gasteiger partial charge is 0.0732 e. The third-order valence-electron chi connectivity index (χ3n) is 2.32. The van der Waals surface area contributed by atoms with E-state index in [-0.39, 0.29) is 6.04 Å². The number of rotatable bonds is 5. The van der Waals surface area contributed by atoms with Crippen molar-refractivity contribution in [2.45, 2.75) is 19.4 Å². The zero-order valence-corrected chi connectivity index (χ0v) is 9.08. The lowest BCUT2D eigenvalue weighted by molar-refractivity contribution is 0.168. The Labute approximate surface area is 85.5 Å². The first-order valence-corrected chi connectivity index (χ1v) is 4.93. The van der Waals surface area contributed by atoms with Crippen LogP contribution in [0.3, 0.4) is 0 Å². The van der Waals surface area contributed by atoms with E-state index >= 15 is 0 Å². The van der Waals surface area contributed by atoms with Crippen LogP contribution >= 0.6 is 0 Å². The number of methoxy groups -OCH3 is 1. The monoisotopic (exact) mass is 194 g/mol. The van der Waals surface area contributed by atoms with E-state index in [0.717, 1.165) is 12.1 Å². The minimum Gasteiger partial charge on any atom is -0.383 e. The van der Waals surface area contributed by atoms with Crippen molar-refractivity contribution in [1.29, 1.82) is 0 Å². The molecule has 0 aliphatic carbocycles. The van der Waals surface area contributed by atoms with Gasteiger partial charge in [0.05, 0.1) is 18.3 Å². The van der Waals surface area contributed by atoms with E-state index in [1.165, 1.54) is 5.56 Å². The Morgan fingerprint density at radius 2 is 2.36 bits per heavy atom. The van der Waals surface area contributed by atoms with Crippen LogP contribution in [-0.2, 0) is 11.2 Å². The van der Waals surface area contributed by atoms with Crippen molar-refractivity contribution in [2.24, 2.45) is 0 Å². The molecule has 0 saturated heterocycles. The van der Waals surface area contributed by atoms with Crippen LogP contribution in [0.5, 0.6) is 0 Å². The summed E-state index contributed by atoms with van der Waals surface area (Å²) in [6.07, 6.45) is 2.83. The Morgan fingerprint density at radius 1 is 1.57 bits per heavy atom. The Morgan fingerprint density at radius 3 is 2.93 bits per heavy atom. The Balaban J connectivity index is 2.90. The van der Waals surface area contributed by atoms with Gasteiger partial charge >= 0.3 is 0 Å².